The molecule has 0 saturated carbocycles. The topological polar surface area (TPSA) is 92.1 Å². The fraction of sp³-hybridized carbons (Fsp3) is 0.211. The van der Waals surface area contributed by atoms with E-state index in [1.807, 2.05) is 31.2 Å². The molecule has 1 aromatic carbocycles. The Hall–Kier alpha value is -3.19. The number of nitrogens with zero attached hydrogens (tertiary/aromatic N) is 3. The van der Waals surface area contributed by atoms with Crippen molar-refractivity contribution in [2.75, 3.05) is 17.2 Å². The summed E-state index contributed by atoms with van der Waals surface area (Å²) >= 11 is 0. The standard InChI is InChI=1S/C19H21N5O2/c1-13-3-6-16(7-4-13)23-19(26)14-5-8-18(20-9-14)21-11-17(25)15-10-22-24(2)12-15/h3-10,12,17,25H,11H2,1-2H3,(H,20,21)(H,23,26). The average Bonchev–Trinajstić information content (AvgIpc) is 3.08. The van der Waals surface area contributed by atoms with Gasteiger partial charge in [-0.25, -0.2) is 4.98 Å². The number of pyridine rings is 1. The Labute approximate surface area is 151 Å². The van der Waals surface area contributed by atoms with Crippen LogP contribution in [0.25, 0.3) is 0 Å². The maximum absolute atomic E-state index is 12.2. The Morgan fingerprint density at radius 1 is 1.19 bits per heavy atom. The largest absolute Gasteiger partial charge is 0.386 e. The second kappa shape index (κ2) is 7.79. The molecule has 3 aromatic rings. The maximum atomic E-state index is 12.2. The number of aliphatic hydroxyl groups excluding tert-OH is 1. The van der Waals surface area contributed by atoms with Crippen molar-refractivity contribution in [3.63, 3.8) is 0 Å². The predicted molar refractivity (Wildman–Crippen MR) is 100 cm³/mol. The van der Waals surface area contributed by atoms with Crippen LogP contribution >= 0.6 is 0 Å². The molecule has 0 aliphatic rings. The minimum atomic E-state index is -0.685. The first kappa shape index (κ1) is 17.6. The van der Waals surface area contributed by atoms with Crippen molar-refractivity contribution in [3.8, 4) is 0 Å². The van der Waals surface area contributed by atoms with Gasteiger partial charge in [-0.15, -0.1) is 0 Å². The van der Waals surface area contributed by atoms with Gasteiger partial charge in [-0.05, 0) is 31.2 Å². The lowest BCUT2D eigenvalue weighted by Crippen LogP contribution is -2.14. The molecule has 0 aliphatic heterocycles. The summed E-state index contributed by atoms with van der Waals surface area (Å²) in [5.41, 5.74) is 3.06. The van der Waals surface area contributed by atoms with Gasteiger partial charge in [0, 0.05) is 37.2 Å². The van der Waals surface area contributed by atoms with Crippen molar-refractivity contribution in [1.82, 2.24) is 14.8 Å². The Morgan fingerprint density at radius 2 is 1.96 bits per heavy atom. The number of hydrogen-bond donors (Lipinski definition) is 3. The zero-order valence-corrected chi connectivity index (χ0v) is 14.7. The van der Waals surface area contributed by atoms with Crippen molar-refractivity contribution >= 4 is 17.4 Å². The summed E-state index contributed by atoms with van der Waals surface area (Å²) < 4.78 is 1.64. The molecule has 0 aliphatic carbocycles. The van der Waals surface area contributed by atoms with Crippen molar-refractivity contribution in [2.45, 2.75) is 13.0 Å². The molecule has 1 atom stereocenters. The number of nitrogens with one attached hydrogen (secondary N) is 2. The molecule has 2 aromatic heterocycles. The minimum absolute atomic E-state index is 0.219. The average molecular weight is 351 g/mol. The molecule has 1 amide bonds. The van der Waals surface area contributed by atoms with Gasteiger partial charge < -0.3 is 15.7 Å². The molecule has 7 heteroatoms. The lowest BCUT2D eigenvalue weighted by atomic mass is 10.2. The SMILES string of the molecule is Cc1ccc(NC(=O)c2ccc(NCC(O)c3cnn(C)c3)nc2)cc1. The number of aromatic nitrogens is 3. The van der Waals surface area contributed by atoms with Crippen LogP contribution in [0.1, 0.15) is 27.6 Å². The molecule has 0 spiro atoms. The number of amides is 1. The summed E-state index contributed by atoms with van der Waals surface area (Å²) in [6.07, 6.45) is 4.20. The van der Waals surface area contributed by atoms with E-state index in [-0.39, 0.29) is 5.91 Å². The van der Waals surface area contributed by atoms with Crippen LogP contribution in [-0.2, 0) is 7.05 Å². The lowest BCUT2D eigenvalue weighted by Gasteiger charge is -2.11. The monoisotopic (exact) mass is 351 g/mol. The molecule has 0 bridgehead atoms. The van der Waals surface area contributed by atoms with Crippen LogP contribution in [0.3, 0.4) is 0 Å². The first-order chi connectivity index (χ1) is 12.5. The molecule has 3 rings (SSSR count). The van der Waals surface area contributed by atoms with Gasteiger partial charge in [-0.3, -0.25) is 9.48 Å². The first-order valence-corrected chi connectivity index (χ1v) is 8.26. The van der Waals surface area contributed by atoms with E-state index in [2.05, 4.69) is 20.7 Å². The van der Waals surface area contributed by atoms with Crippen molar-refractivity contribution < 1.29 is 9.90 Å². The molecular weight excluding hydrogens is 330 g/mol. The third-order valence-electron chi connectivity index (χ3n) is 3.92. The smallest absolute Gasteiger partial charge is 0.257 e. The van der Waals surface area contributed by atoms with Crippen LogP contribution in [0, 0.1) is 6.92 Å². The number of carbonyl (C=O) groups excluding carboxylic acids is 1. The van der Waals surface area contributed by atoms with Crippen LogP contribution in [-0.4, -0.2) is 32.3 Å². The van der Waals surface area contributed by atoms with E-state index >= 15 is 0 Å². The number of rotatable bonds is 6. The van der Waals surface area contributed by atoms with Gasteiger partial charge in [0.15, 0.2) is 0 Å². The van der Waals surface area contributed by atoms with Crippen LogP contribution in [0.4, 0.5) is 11.5 Å². The van der Waals surface area contributed by atoms with E-state index in [9.17, 15) is 9.90 Å². The van der Waals surface area contributed by atoms with Gasteiger partial charge in [-0.2, -0.15) is 5.10 Å². The zero-order chi connectivity index (χ0) is 18.5. The van der Waals surface area contributed by atoms with Crippen LogP contribution < -0.4 is 10.6 Å². The highest BCUT2D eigenvalue weighted by atomic mass is 16.3. The Bertz CT molecular complexity index is 872. The molecule has 0 saturated heterocycles. The summed E-state index contributed by atoms with van der Waals surface area (Å²) in [7, 11) is 1.80. The summed E-state index contributed by atoms with van der Waals surface area (Å²) in [6, 6.07) is 11.0. The second-order valence-corrected chi connectivity index (χ2v) is 6.10. The van der Waals surface area contributed by atoms with E-state index in [4.69, 9.17) is 0 Å². The van der Waals surface area contributed by atoms with Crippen molar-refractivity contribution in [3.05, 3.63) is 71.7 Å². The van der Waals surface area contributed by atoms with Gasteiger partial charge >= 0.3 is 0 Å². The number of hydrogen-bond acceptors (Lipinski definition) is 5. The van der Waals surface area contributed by atoms with Crippen LogP contribution in [0.15, 0.2) is 55.0 Å². The molecule has 7 nitrogen and oxygen atoms in total. The first-order valence-electron chi connectivity index (χ1n) is 8.26. The molecule has 3 N–H and O–H groups in total. The molecule has 0 radical (unpaired) electrons. The van der Waals surface area contributed by atoms with Gasteiger partial charge in [0.1, 0.15) is 5.82 Å². The third-order valence-corrected chi connectivity index (χ3v) is 3.92. The zero-order valence-electron chi connectivity index (χ0n) is 14.7. The number of anilines is 2. The van der Waals surface area contributed by atoms with Crippen LogP contribution in [0.2, 0.25) is 0 Å². The summed E-state index contributed by atoms with van der Waals surface area (Å²) in [5, 5.41) is 20.0. The van der Waals surface area contributed by atoms with Gasteiger partial charge in [-0.1, -0.05) is 17.7 Å². The van der Waals surface area contributed by atoms with Gasteiger partial charge in [0.2, 0.25) is 0 Å². The Balaban J connectivity index is 1.55. The number of benzene rings is 1. The molecule has 26 heavy (non-hydrogen) atoms. The Morgan fingerprint density at radius 3 is 2.58 bits per heavy atom. The highest BCUT2D eigenvalue weighted by molar-refractivity contribution is 6.04. The summed E-state index contributed by atoms with van der Waals surface area (Å²) in [4.78, 5) is 16.5. The van der Waals surface area contributed by atoms with E-state index < -0.39 is 6.10 Å². The lowest BCUT2D eigenvalue weighted by molar-refractivity contribution is 0.102. The van der Waals surface area contributed by atoms with Gasteiger partial charge in [0.25, 0.3) is 5.91 Å². The summed E-state index contributed by atoms with van der Waals surface area (Å²) in [5.74, 6) is 0.364. The van der Waals surface area contributed by atoms with E-state index in [0.717, 1.165) is 16.8 Å². The molecule has 0 fully saturated rings. The molecular formula is C19H21N5O2. The third kappa shape index (κ3) is 4.46. The normalized spacial score (nSPS) is 11.8. The van der Waals surface area contributed by atoms with Crippen molar-refractivity contribution in [2.24, 2.45) is 7.05 Å². The highest BCUT2D eigenvalue weighted by Crippen LogP contribution is 2.14. The van der Waals surface area contributed by atoms with Crippen LogP contribution in [0.5, 0.6) is 0 Å². The quantitative estimate of drug-likeness (QED) is 0.635. The Kier molecular flexibility index (Phi) is 5.28. The molecule has 1 unspecified atom stereocenters. The number of carbonyl (C=O) groups is 1. The fourth-order valence-electron chi connectivity index (χ4n) is 2.40. The fourth-order valence-corrected chi connectivity index (χ4v) is 2.40. The van der Waals surface area contributed by atoms with E-state index in [1.54, 1.807) is 36.3 Å². The van der Waals surface area contributed by atoms with Gasteiger partial charge in [0.05, 0.1) is 17.9 Å². The number of aryl methyl sites for hydroxylation is 2. The molecule has 134 valence electrons. The predicted octanol–water partition coefficient (Wildman–Crippen LogP) is 2.52. The van der Waals surface area contributed by atoms with Crippen molar-refractivity contribution in [1.29, 1.82) is 0 Å². The number of aliphatic hydroxyl groups is 1. The summed E-state index contributed by atoms with van der Waals surface area (Å²) in [6.45, 7) is 2.29. The maximum Gasteiger partial charge on any atom is 0.257 e. The second-order valence-electron chi connectivity index (χ2n) is 6.10. The minimum Gasteiger partial charge on any atom is -0.386 e. The van der Waals surface area contributed by atoms with E-state index in [0.29, 0.717) is 17.9 Å². The van der Waals surface area contributed by atoms with E-state index in [1.165, 1.54) is 6.20 Å². The highest BCUT2D eigenvalue weighted by Gasteiger charge is 2.10. The molecule has 2 heterocycles.